The lowest BCUT2D eigenvalue weighted by molar-refractivity contribution is -0.142. The van der Waals surface area contributed by atoms with Gasteiger partial charge in [-0.3, -0.25) is 0 Å². The van der Waals surface area contributed by atoms with Gasteiger partial charge in [-0.2, -0.15) is 0 Å². The van der Waals surface area contributed by atoms with Gasteiger partial charge < -0.3 is 4.74 Å². The summed E-state index contributed by atoms with van der Waals surface area (Å²) >= 11 is 21.8. The molecule has 0 aliphatic heterocycles. The molecule has 0 aromatic heterocycles. The zero-order chi connectivity index (χ0) is 12.6. The molecule has 1 atom stereocenters. The molecule has 0 fully saturated rings. The first kappa shape index (κ1) is 16.6. The van der Waals surface area contributed by atoms with Gasteiger partial charge in [-0.15, -0.1) is 11.6 Å². The zero-order valence-electron chi connectivity index (χ0n) is 9.15. The Hall–Kier alpha value is 0.630. The number of hydrogen-bond donors (Lipinski definition) is 0. The van der Waals surface area contributed by atoms with Crippen LogP contribution in [-0.2, 0) is 9.53 Å². The molecule has 6 heteroatoms. The molecule has 0 heterocycles. The van der Waals surface area contributed by atoms with Crippen molar-refractivity contribution in [3.63, 3.8) is 0 Å². The number of esters is 1. The van der Waals surface area contributed by atoms with Gasteiger partial charge in [0, 0.05) is 5.38 Å². The highest BCUT2D eigenvalue weighted by molar-refractivity contribution is 6.75. The van der Waals surface area contributed by atoms with E-state index in [1.54, 1.807) is 0 Å². The Bertz CT molecular complexity index is 201. The summed E-state index contributed by atoms with van der Waals surface area (Å²) in [5, 5.41) is 0.224. The van der Waals surface area contributed by atoms with E-state index in [9.17, 15) is 4.79 Å². The van der Waals surface area contributed by atoms with Crippen LogP contribution in [0.25, 0.3) is 0 Å². The number of hydrogen-bond acceptors (Lipinski definition) is 2. The molecule has 0 N–H and O–H groups in total. The van der Waals surface area contributed by atoms with Crippen LogP contribution in [0, 0.1) is 0 Å². The van der Waals surface area contributed by atoms with Crippen molar-refractivity contribution in [3.05, 3.63) is 0 Å². The highest BCUT2D eigenvalue weighted by Crippen LogP contribution is 2.27. The second kappa shape index (κ2) is 8.68. The van der Waals surface area contributed by atoms with E-state index in [2.05, 4.69) is 0 Å². The van der Waals surface area contributed by atoms with Gasteiger partial charge in [0.05, 0.1) is 6.61 Å². The van der Waals surface area contributed by atoms with Crippen LogP contribution in [0.1, 0.15) is 39.0 Å². The van der Waals surface area contributed by atoms with Crippen LogP contribution in [0.5, 0.6) is 0 Å². The van der Waals surface area contributed by atoms with Crippen molar-refractivity contribution in [2.24, 2.45) is 0 Å². The SMILES string of the molecule is CC(Cl)CCCCCCOC(=O)C(Cl)(Cl)Cl. The Morgan fingerprint density at radius 2 is 1.75 bits per heavy atom. The molecule has 0 aliphatic rings. The third kappa shape index (κ3) is 9.83. The topological polar surface area (TPSA) is 26.3 Å². The summed E-state index contributed by atoms with van der Waals surface area (Å²) in [6.45, 7) is 2.27. The third-order valence-corrected chi connectivity index (χ3v) is 2.64. The molecule has 2 nitrogen and oxygen atoms in total. The van der Waals surface area contributed by atoms with E-state index in [4.69, 9.17) is 51.1 Å². The number of halogens is 4. The highest BCUT2D eigenvalue weighted by Gasteiger charge is 2.32. The monoisotopic (exact) mass is 308 g/mol. The normalized spacial score (nSPS) is 13.6. The maximum atomic E-state index is 11.0. The van der Waals surface area contributed by atoms with Crippen LogP contribution in [0.4, 0.5) is 0 Å². The minimum atomic E-state index is -1.96. The Morgan fingerprint density at radius 3 is 2.25 bits per heavy atom. The van der Waals surface area contributed by atoms with E-state index in [1.807, 2.05) is 6.92 Å². The molecule has 0 saturated carbocycles. The van der Waals surface area contributed by atoms with Crippen molar-refractivity contribution in [1.82, 2.24) is 0 Å². The van der Waals surface area contributed by atoms with Crippen molar-refractivity contribution in [2.75, 3.05) is 6.61 Å². The molecule has 0 spiro atoms. The summed E-state index contributed by atoms with van der Waals surface area (Å²) in [5.41, 5.74) is 0. The molecule has 96 valence electrons. The molecule has 16 heavy (non-hydrogen) atoms. The number of unbranched alkanes of at least 4 members (excludes halogenated alkanes) is 3. The van der Waals surface area contributed by atoms with E-state index in [0.29, 0.717) is 6.61 Å². The van der Waals surface area contributed by atoms with Gasteiger partial charge in [0.25, 0.3) is 3.79 Å². The fourth-order valence-corrected chi connectivity index (χ4v) is 1.45. The number of carbonyl (C=O) groups is 1. The fraction of sp³-hybridized carbons (Fsp3) is 0.900. The molecule has 0 aromatic rings. The summed E-state index contributed by atoms with van der Waals surface area (Å²) in [6, 6.07) is 0. The minimum Gasteiger partial charge on any atom is -0.463 e. The van der Waals surface area contributed by atoms with Crippen LogP contribution in [-0.4, -0.2) is 21.7 Å². The average Bonchev–Trinajstić information content (AvgIpc) is 2.14. The van der Waals surface area contributed by atoms with Gasteiger partial charge >= 0.3 is 5.97 Å². The lowest BCUT2D eigenvalue weighted by atomic mass is 10.1. The zero-order valence-corrected chi connectivity index (χ0v) is 12.2. The predicted octanol–water partition coefficient (Wildman–Crippen LogP) is 4.48. The van der Waals surface area contributed by atoms with E-state index in [0.717, 1.165) is 32.1 Å². The standard InChI is InChI=1S/C10H16Cl4O2/c1-8(11)6-4-2-3-5-7-16-9(15)10(12,13)14/h8H,2-7H2,1H3. The summed E-state index contributed by atoms with van der Waals surface area (Å²) in [7, 11) is 0. The Kier molecular flexibility index (Phi) is 9.02. The van der Waals surface area contributed by atoms with Crippen molar-refractivity contribution >= 4 is 52.4 Å². The molecular weight excluding hydrogens is 294 g/mol. The molecule has 0 aromatic carbocycles. The quantitative estimate of drug-likeness (QED) is 0.394. The first-order valence-electron chi connectivity index (χ1n) is 5.22. The number of rotatable bonds is 7. The summed E-state index contributed by atoms with van der Waals surface area (Å²) < 4.78 is 2.81. The molecule has 0 bridgehead atoms. The van der Waals surface area contributed by atoms with Crippen LogP contribution in [0.3, 0.4) is 0 Å². The van der Waals surface area contributed by atoms with E-state index < -0.39 is 9.76 Å². The maximum absolute atomic E-state index is 11.0. The Morgan fingerprint density at radius 1 is 1.19 bits per heavy atom. The van der Waals surface area contributed by atoms with Gasteiger partial charge in [0.15, 0.2) is 0 Å². The van der Waals surface area contributed by atoms with Crippen molar-refractivity contribution in [1.29, 1.82) is 0 Å². The van der Waals surface area contributed by atoms with Crippen LogP contribution >= 0.6 is 46.4 Å². The Labute approximate surface area is 117 Å². The van der Waals surface area contributed by atoms with E-state index >= 15 is 0 Å². The van der Waals surface area contributed by atoms with Gasteiger partial charge in [0.1, 0.15) is 0 Å². The van der Waals surface area contributed by atoms with Crippen molar-refractivity contribution in [3.8, 4) is 0 Å². The first-order valence-corrected chi connectivity index (χ1v) is 6.79. The molecule has 0 radical (unpaired) electrons. The molecule has 0 rings (SSSR count). The summed E-state index contributed by atoms with van der Waals surface area (Å²) in [4.78, 5) is 11.0. The molecule has 1 unspecified atom stereocenters. The number of carbonyl (C=O) groups excluding carboxylic acids is 1. The predicted molar refractivity (Wildman–Crippen MR) is 69.6 cm³/mol. The second-order valence-corrected chi connectivity index (χ2v) is 6.64. The van der Waals surface area contributed by atoms with E-state index in [-0.39, 0.29) is 5.38 Å². The average molecular weight is 310 g/mol. The molecule has 0 amide bonds. The molecule has 0 saturated heterocycles. The van der Waals surface area contributed by atoms with Gasteiger partial charge in [-0.25, -0.2) is 4.79 Å². The largest absolute Gasteiger partial charge is 0.463 e. The van der Waals surface area contributed by atoms with E-state index in [1.165, 1.54) is 0 Å². The van der Waals surface area contributed by atoms with Gasteiger partial charge in [-0.1, -0.05) is 54.1 Å². The molecule has 0 aliphatic carbocycles. The first-order chi connectivity index (χ1) is 7.34. The maximum Gasteiger partial charge on any atom is 0.358 e. The second-order valence-electron chi connectivity index (χ2n) is 3.62. The van der Waals surface area contributed by atoms with Crippen molar-refractivity contribution < 1.29 is 9.53 Å². The van der Waals surface area contributed by atoms with Crippen LogP contribution < -0.4 is 0 Å². The number of ether oxygens (including phenoxy) is 1. The van der Waals surface area contributed by atoms with Crippen LogP contribution in [0.2, 0.25) is 0 Å². The Balaban J connectivity index is 3.31. The fourth-order valence-electron chi connectivity index (χ4n) is 1.13. The lowest BCUT2D eigenvalue weighted by Crippen LogP contribution is -2.22. The lowest BCUT2D eigenvalue weighted by Gasteiger charge is -2.10. The van der Waals surface area contributed by atoms with Crippen LogP contribution in [0.15, 0.2) is 0 Å². The number of alkyl halides is 4. The third-order valence-electron chi connectivity index (χ3n) is 1.96. The molecular formula is C10H16Cl4O2. The summed E-state index contributed by atoms with van der Waals surface area (Å²) in [5.74, 6) is -0.813. The summed E-state index contributed by atoms with van der Waals surface area (Å²) in [6.07, 6.45) is 4.93. The van der Waals surface area contributed by atoms with Gasteiger partial charge in [0.2, 0.25) is 0 Å². The minimum absolute atomic E-state index is 0.224. The van der Waals surface area contributed by atoms with Crippen molar-refractivity contribution in [2.45, 2.75) is 48.2 Å². The highest BCUT2D eigenvalue weighted by atomic mass is 35.6. The smallest absolute Gasteiger partial charge is 0.358 e. The van der Waals surface area contributed by atoms with Gasteiger partial charge in [-0.05, 0) is 19.8 Å².